The molecule has 21 heavy (non-hydrogen) atoms. The summed E-state index contributed by atoms with van der Waals surface area (Å²) in [4.78, 5) is 0. The molecule has 120 valence electrons. The number of nitrogens with two attached hydrogens (primary N) is 1. The van der Waals surface area contributed by atoms with Gasteiger partial charge in [0.25, 0.3) is 0 Å². The van der Waals surface area contributed by atoms with Crippen molar-refractivity contribution in [3.63, 3.8) is 0 Å². The number of halogens is 7. The van der Waals surface area contributed by atoms with Crippen LogP contribution in [-0.2, 0) is 12.4 Å². The van der Waals surface area contributed by atoms with Crippen molar-refractivity contribution in [2.75, 3.05) is 0 Å². The summed E-state index contributed by atoms with van der Waals surface area (Å²) >= 11 is 0. The SMILES string of the molecule is CC(C)C[C@@H](N)c1c(F)cc(C(F)(F)F)cc1C(F)(F)F. The maximum Gasteiger partial charge on any atom is 0.416 e. The van der Waals surface area contributed by atoms with Gasteiger partial charge in [0.2, 0.25) is 0 Å². The first-order valence-corrected chi connectivity index (χ1v) is 6.07. The van der Waals surface area contributed by atoms with Gasteiger partial charge in [-0.3, -0.25) is 0 Å². The predicted octanol–water partition coefficient (Wildman–Crippen LogP) is 4.91. The summed E-state index contributed by atoms with van der Waals surface area (Å²) in [7, 11) is 0. The third-order valence-electron chi connectivity index (χ3n) is 2.86. The fourth-order valence-corrected chi connectivity index (χ4v) is 2.02. The molecule has 0 aromatic heterocycles. The van der Waals surface area contributed by atoms with Crippen LogP contribution >= 0.6 is 0 Å². The highest BCUT2D eigenvalue weighted by atomic mass is 19.4. The van der Waals surface area contributed by atoms with Crippen LogP contribution in [-0.4, -0.2) is 0 Å². The molecular weight excluding hydrogens is 303 g/mol. The quantitative estimate of drug-likeness (QED) is 0.788. The molecule has 2 N–H and O–H groups in total. The monoisotopic (exact) mass is 317 g/mol. The summed E-state index contributed by atoms with van der Waals surface area (Å²) in [5.41, 5.74) is 1.24. The Hall–Kier alpha value is -1.31. The molecule has 0 bridgehead atoms. The van der Waals surface area contributed by atoms with E-state index >= 15 is 0 Å². The summed E-state index contributed by atoms with van der Waals surface area (Å²) in [6, 6.07) is -1.38. The van der Waals surface area contributed by atoms with Crippen LogP contribution in [0.5, 0.6) is 0 Å². The normalized spacial score (nSPS) is 14.6. The molecule has 1 aromatic rings. The van der Waals surface area contributed by atoms with Crippen LogP contribution < -0.4 is 5.73 Å². The Balaban J connectivity index is 3.50. The molecule has 1 nitrogen and oxygen atoms in total. The van der Waals surface area contributed by atoms with Gasteiger partial charge in [0.1, 0.15) is 5.82 Å². The summed E-state index contributed by atoms with van der Waals surface area (Å²) in [5.74, 6) is -1.73. The summed E-state index contributed by atoms with van der Waals surface area (Å²) in [6.45, 7) is 3.32. The fourth-order valence-electron chi connectivity index (χ4n) is 2.02. The molecule has 0 unspecified atom stereocenters. The Morgan fingerprint density at radius 1 is 1.00 bits per heavy atom. The number of hydrogen-bond acceptors (Lipinski definition) is 1. The van der Waals surface area contributed by atoms with Crippen LogP contribution in [0.2, 0.25) is 0 Å². The van der Waals surface area contributed by atoms with Gasteiger partial charge in [0.15, 0.2) is 0 Å². The number of hydrogen-bond donors (Lipinski definition) is 1. The van der Waals surface area contributed by atoms with Gasteiger partial charge in [-0.25, -0.2) is 4.39 Å². The van der Waals surface area contributed by atoms with E-state index < -0.39 is 40.9 Å². The lowest BCUT2D eigenvalue weighted by atomic mass is 9.92. The Bertz CT molecular complexity index is 502. The van der Waals surface area contributed by atoms with Gasteiger partial charge in [0, 0.05) is 11.6 Å². The van der Waals surface area contributed by atoms with Crippen LogP contribution in [0.1, 0.15) is 43.0 Å². The van der Waals surface area contributed by atoms with Crippen LogP contribution in [0.3, 0.4) is 0 Å². The maximum atomic E-state index is 13.8. The van der Waals surface area contributed by atoms with Gasteiger partial charge in [-0.15, -0.1) is 0 Å². The van der Waals surface area contributed by atoms with Gasteiger partial charge >= 0.3 is 12.4 Å². The van der Waals surface area contributed by atoms with E-state index in [1.54, 1.807) is 13.8 Å². The van der Waals surface area contributed by atoms with Crippen LogP contribution in [0.15, 0.2) is 12.1 Å². The zero-order valence-corrected chi connectivity index (χ0v) is 11.2. The molecule has 0 fully saturated rings. The Labute approximate surface area is 116 Å². The summed E-state index contributed by atoms with van der Waals surface area (Å²) in [5, 5.41) is 0. The van der Waals surface area contributed by atoms with Crippen LogP contribution in [0.4, 0.5) is 30.7 Å². The number of rotatable bonds is 3. The largest absolute Gasteiger partial charge is 0.416 e. The van der Waals surface area contributed by atoms with Gasteiger partial charge in [-0.05, 0) is 24.5 Å². The second-order valence-corrected chi connectivity index (χ2v) is 5.15. The van der Waals surface area contributed by atoms with Crippen molar-refractivity contribution in [1.82, 2.24) is 0 Å². The van der Waals surface area contributed by atoms with Crippen molar-refractivity contribution < 1.29 is 30.7 Å². The molecule has 0 aliphatic heterocycles. The lowest BCUT2D eigenvalue weighted by Crippen LogP contribution is -2.22. The van der Waals surface area contributed by atoms with E-state index in [4.69, 9.17) is 5.73 Å². The van der Waals surface area contributed by atoms with Gasteiger partial charge < -0.3 is 5.73 Å². The average Bonchev–Trinajstić information content (AvgIpc) is 2.23. The van der Waals surface area contributed by atoms with Gasteiger partial charge in [0.05, 0.1) is 11.1 Å². The fraction of sp³-hybridized carbons (Fsp3) is 0.538. The van der Waals surface area contributed by atoms with Gasteiger partial charge in [-0.1, -0.05) is 13.8 Å². The number of benzene rings is 1. The third kappa shape index (κ3) is 4.33. The highest BCUT2D eigenvalue weighted by Gasteiger charge is 2.40. The van der Waals surface area contributed by atoms with E-state index in [1.165, 1.54) is 0 Å². The van der Waals surface area contributed by atoms with Crippen LogP contribution in [0, 0.1) is 11.7 Å². The van der Waals surface area contributed by atoms with E-state index in [-0.39, 0.29) is 24.5 Å². The molecule has 0 amide bonds. The van der Waals surface area contributed by atoms with Crippen molar-refractivity contribution in [1.29, 1.82) is 0 Å². The second kappa shape index (κ2) is 5.82. The first-order chi connectivity index (χ1) is 9.34. The topological polar surface area (TPSA) is 26.0 Å². The molecule has 0 heterocycles. The van der Waals surface area contributed by atoms with Crippen molar-refractivity contribution in [3.05, 3.63) is 34.6 Å². The van der Waals surface area contributed by atoms with Crippen LogP contribution in [0.25, 0.3) is 0 Å². The molecule has 8 heteroatoms. The molecule has 0 aliphatic rings. The van der Waals surface area contributed by atoms with Crippen molar-refractivity contribution in [3.8, 4) is 0 Å². The van der Waals surface area contributed by atoms with Gasteiger partial charge in [-0.2, -0.15) is 26.3 Å². The van der Waals surface area contributed by atoms with E-state index in [0.717, 1.165) is 0 Å². The minimum atomic E-state index is -5.12. The molecule has 0 spiro atoms. The zero-order valence-electron chi connectivity index (χ0n) is 11.2. The Morgan fingerprint density at radius 3 is 1.90 bits per heavy atom. The maximum absolute atomic E-state index is 13.8. The van der Waals surface area contributed by atoms with E-state index in [1.807, 2.05) is 0 Å². The molecule has 1 rings (SSSR count). The van der Waals surface area contributed by atoms with E-state index in [0.29, 0.717) is 0 Å². The minimum absolute atomic E-state index is 0.0192. The minimum Gasteiger partial charge on any atom is -0.324 e. The smallest absolute Gasteiger partial charge is 0.324 e. The lowest BCUT2D eigenvalue weighted by Gasteiger charge is -2.22. The third-order valence-corrected chi connectivity index (χ3v) is 2.86. The highest BCUT2D eigenvalue weighted by Crippen LogP contribution is 2.41. The molecule has 0 radical (unpaired) electrons. The van der Waals surface area contributed by atoms with E-state index in [2.05, 4.69) is 0 Å². The summed E-state index contributed by atoms with van der Waals surface area (Å²) in [6.07, 6.45) is -10.2. The van der Waals surface area contributed by atoms with E-state index in [9.17, 15) is 30.7 Å². The molecule has 0 saturated heterocycles. The predicted molar refractivity (Wildman–Crippen MR) is 62.8 cm³/mol. The second-order valence-electron chi connectivity index (χ2n) is 5.15. The van der Waals surface area contributed by atoms with Crippen molar-refractivity contribution in [2.45, 2.75) is 38.7 Å². The summed E-state index contributed by atoms with van der Waals surface area (Å²) < 4.78 is 90.0. The molecule has 0 aliphatic carbocycles. The van der Waals surface area contributed by atoms with Crippen molar-refractivity contribution in [2.24, 2.45) is 11.7 Å². The Kier molecular flexibility index (Phi) is 4.92. The lowest BCUT2D eigenvalue weighted by molar-refractivity contribution is -0.144. The molecule has 1 atom stereocenters. The first-order valence-electron chi connectivity index (χ1n) is 6.07. The molecule has 0 saturated carbocycles. The van der Waals surface area contributed by atoms with Crippen molar-refractivity contribution >= 4 is 0 Å². The number of alkyl halides is 6. The molecule has 1 aromatic carbocycles. The standard InChI is InChI=1S/C13H14F7N/c1-6(2)3-10(21)11-8(13(18,19)20)4-7(5-9(11)14)12(15,16)17/h4-6,10H,3,21H2,1-2H3/t10-/m1/s1. The highest BCUT2D eigenvalue weighted by molar-refractivity contribution is 5.38. The Morgan fingerprint density at radius 2 is 1.52 bits per heavy atom. The first kappa shape index (κ1) is 17.7. The zero-order chi connectivity index (χ0) is 16.6. The molecular formula is C13H14F7N. The average molecular weight is 317 g/mol.